The first-order valence-corrected chi connectivity index (χ1v) is 32.3. The van der Waals surface area contributed by atoms with E-state index in [-0.39, 0.29) is 44.7 Å². The molecule has 9 aromatic carbocycles. The highest BCUT2D eigenvalue weighted by atomic mass is 15.3. The molecule has 2 aliphatic carbocycles. The Morgan fingerprint density at radius 3 is 1.33 bits per heavy atom. The first-order valence-electron chi connectivity index (χ1n) is 32.3. The normalized spacial score (nSPS) is 19.9. The van der Waals surface area contributed by atoms with Crippen molar-refractivity contribution in [3.8, 4) is 33.4 Å². The average molecular weight is 1130 g/mol. The summed E-state index contributed by atoms with van der Waals surface area (Å²) >= 11 is 0. The van der Waals surface area contributed by atoms with E-state index >= 15 is 0 Å². The van der Waals surface area contributed by atoms with E-state index in [1.807, 2.05) is 0 Å². The molecule has 0 spiro atoms. The maximum absolute atomic E-state index is 2.86. The summed E-state index contributed by atoms with van der Waals surface area (Å²) in [5, 5.41) is 0. The van der Waals surface area contributed by atoms with Gasteiger partial charge in [-0.3, -0.25) is 0 Å². The monoisotopic (exact) mass is 1130 g/mol. The van der Waals surface area contributed by atoms with Crippen LogP contribution in [0.5, 0.6) is 0 Å². The van der Waals surface area contributed by atoms with Crippen LogP contribution in [0.3, 0.4) is 0 Å². The molecular weight excluding hydrogens is 1040 g/mol. The van der Waals surface area contributed by atoms with E-state index < -0.39 is 0 Å². The number of hydrogen-bond acceptors (Lipinski definition) is 3. The Morgan fingerprint density at radius 2 is 0.802 bits per heavy atom. The van der Waals surface area contributed by atoms with Gasteiger partial charge >= 0.3 is 0 Å². The maximum Gasteiger partial charge on any atom is 0.252 e. The van der Waals surface area contributed by atoms with Crippen LogP contribution >= 0.6 is 0 Å². The van der Waals surface area contributed by atoms with Crippen LogP contribution in [0.1, 0.15) is 176 Å². The molecule has 2 atom stereocenters. The molecule has 0 bridgehead atoms. The Labute approximate surface area is 515 Å². The van der Waals surface area contributed by atoms with Gasteiger partial charge in [-0.25, -0.2) is 0 Å². The van der Waals surface area contributed by atoms with E-state index in [4.69, 9.17) is 0 Å². The van der Waals surface area contributed by atoms with Crippen molar-refractivity contribution in [1.29, 1.82) is 0 Å². The minimum absolute atomic E-state index is 0.00808. The molecule has 1 fully saturated rings. The molecule has 0 amide bonds. The highest BCUT2D eigenvalue weighted by Gasteiger charge is 2.58. The Balaban J connectivity index is 1.16. The van der Waals surface area contributed by atoms with E-state index in [1.54, 1.807) is 0 Å². The van der Waals surface area contributed by atoms with Gasteiger partial charge in [0.05, 0.1) is 16.9 Å². The number of rotatable bonds is 6. The second kappa shape index (κ2) is 19.5. The molecule has 3 aliphatic heterocycles. The Kier molecular flexibility index (Phi) is 12.7. The van der Waals surface area contributed by atoms with Crippen molar-refractivity contribution < 1.29 is 0 Å². The highest BCUT2D eigenvalue weighted by Crippen LogP contribution is 2.63. The first-order chi connectivity index (χ1) is 40.8. The topological polar surface area (TPSA) is 9.72 Å². The lowest BCUT2D eigenvalue weighted by atomic mass is 9.33. The average Bonchev–Trinajstić information content (AvgIpc) is 1.14. The molecule has 86 heavy (non-hydrogen) atoms. The van der Waals surface area contributed by atoms with E-state index in [1.165, 1.54) is 141 Å². The predicted molar refractivity (Wildman–Crippen MR) is 371 cm³/mol. The third-order valence-electron chi connectivity index (χ3n) is 21.7. The lowest BCUT2D eigenvalue weighted by molar-refractivity contribution is 0.195. The summed E-state index contributed by atoms with van der Waals surface area (Å²) in [5.74, 6) is 0. The second-order valence-electron chi connectivity index (χ2n) is 31.2. The summed E-state index contributed by atoms with van der Waals surface area (Å²) in [5.41, 5.74) is 29.4. The molecular formula is C82H88BN3. The largest absolute Gasteiger partial charge is 0.334 e. The summed E-state index contributed by atoms with van der Waals surface area (Å²) in [6, 6.07) is 74.2. The van der Waals surface area contributed by atoms with Crippen molar-refractivity contribution in [2.24, 2.45) is 0 Å². The molecule has 9 aromatic rings. The maximum atomic E-state index is 2.86. The third-order valence-corrected chi connectivity index (χ3v) is 21.7. The van der Waals surface area contributed by atoms with Gasteiger partial charge in [-0.1, -0.05) is 237 Å². The molecule has 1 saturated carbocycles. The fourth-order valence-corrected chi connectivity index (χ4v) is 16.2. The molecule has 2 unspecified atom stereocenters. The molecule has 0 saturated heterocycles. The second-order valence-corrected chi connectivity index (χ2v) is 31.2. The zero-order valence-corrected chi connectivity index (χ0v) is 54.1. The zero-order valence-electron chi connectivity index (χ0n) is 54.1. The Morgan fingerprint density at radius 1 is 0.349 bits per heavy atom. The number of fused-ring (bicyclic) bond motifs is 8. The van der Waals surface area contributed by atoms with Crippen LogP contribution in [0, 0.1) is 0 Å². The lowest BCUT2D eigenvalue weighted by Crippen LogP contribution is -2.62. The van der Waals surface area contributed by atoms with Gasteiger partial charge in [0.25, 0.3) is 6.71 Å². The first kappa shape index (κ1) is 56.3. The Hall–Kier alpha value is -7.56. The van der Waals surface area contributed by atoms with Gasteiger partial charge in [0, 0.05) is 50.7 Å². The van der Waals surface area contributed by atoms with Crippen molar-refractivity contribution in [2.45, 2.75) is 180 Å². The van der Waals surface area contributed by atoms with Gasteiger partial charge in [0.1, 0.15) is 0 Å². The fraction of sp³-hybridized carbons (Fsp3) is 0.341. The van der Waals surface area contributed by atoms with Gasteiger partial charge in [0.2, 0.25) is 0 Å². The van der Waals surface area contributed by atoms with Crippen LogP contribution in [0.15, 0.2) is 188 Å². The van der Waals surface area contributed by atoms with Gasteiger partial charge in [-0.05, 0) is 192 Å². The van der Waals surface area contributed by atoms with E-state index in [0.29, 0.717) is 0 Å². The van der Waals surface area contributed by atoms with E-state index in [9.17, 15) is 0 Å². The van der Waals surface area contributed by atoms with Crippen LogP contribution in [0.4, 0.5) is 45.5 Å². The van der Waals surface area contributed by atoms with Crippen LogP contribution in [-0.2, 0) is 32.5 Å². The number of hydrogen-bond donors (Lipinski definition) is 0. The molecule has 3 nitrogen and oxygen atoms in total. The number of anilines is 8. The molecule has 5 aliphatic rings. The van der Waals surface area contributed by atoms with E-state index in [0.717, 1.165) is 25.7 Å². The molecule has 3 heterocycles. The van der Waals surface area contributed by atoms with Crippen molar-refractivity contribution in [3.63, 3.8) is 0 Å². The molecule has 0 radical (unpaired) electrons. The van der Waals surface area contributed by atoms with Crippen molar-refractivity contribution in [3.05, 3.63) is 221 Å². The van der Waals surface area contributed by atoms with Crippen molar-refractivity contribution >= 4 is 68.6 Å². The van der Waals surface area contributed by atoms with Gasteiger partial charge in [-0.15, -0.1) is 0 Å². The molecule has 14 rings (SSSR count). The van der Waals surface area contributed by atoms with Gasteiger partial charge in [0.15, 0.2) is 0 Å². The van der Waals surface area contributed by atoms with Crippen LogP contribution in [0.2, 0.25) is 0 Å². The minimum Gasteiger partial charge on any atom is -0.334 e. The highest BCUT2D eigenvalue weighted by molar-refractivity contribution is 7.00. The fourth-order valence-electron chi connectivity index (χ4n) is 16.2. The standard InChI is InChI=1S/C82H88BN3/c1-76(2,3)57-35-39-68(61(46-57)54-29-21-17-22-30-54)84-71-48-59(78(7,8)9)34-37-66(71)83-67-51-63-64(80(12,13)44-43-79(63,10)11)52-72(67)85(69-40-36-58(77(4,5)6)47-62(69)55-31-23-18-24-32-55)74-50-60(49-73(84)75(74)83)86-70-38-33-56(53-27-19-16-20-28-53)45-65(70)81(14)41-25-26-42-82(81,86)15/h16-24,27-40,45-52H,25-26,41-44H2,1-15H3. The van der Waals surface area contributed by atoms with Crippen LogP contribution < -0.4 is 31.1 Å². The summed E-state index contributed by atoms with van der Waals surface area (Å²) < 4.78 is 0. The van der Waals surface area contributed by atoms with E-state index in [2.05, 4.69) is 307 Å². The van der Waals surface area contributed by atoms with Crippen LogP contribution in [-0.4, -0.2) is 12.3 Å². The molecule has 0 N–H and O–H groups in total. The van der Waals surface area contributed by atoms with Crippen LogP contribution in [0.25, 0.3) is 33.4 Å². The summed E-state index contributed by atoms with van der Waals surface area (Å²) in [7, 11) is 0. The van der Waals surface area contributed by atoms with Crippen molar-refractivity contribution in [2.75, 3.05) is 14.7 Å². The summed E-state index contributed by atoms with van der Waals surface area (Å²) in [6.07, 6.45) is 6.92. The molecule has 434 valence electrons. The minimum atomic E-state index is -0.223. The SMILES string of the molecule is CC(C)(C)c1ccc(N2c3cc(C(C)(C)C)ccc3B3c4cc5c(cc4N(c4ccc(C(C)(C)C)cc4-c4ccccc4)c4cc(N6c7ccc(-c8ccccc8)cc7C7(C)CCCCC67C)cc2c43)C(C)(C)CCC5(C)C)c(-c2ccccc2)c1. The number of benzene rings is 9. The summed E-state index contributed by atoms with van der Waals surface area (Å²) in [4.78, 5) is 8.37. The molecule has 0 aromatic heterocycles. The summed E-state index contributed by atoms with van der Waals surface area (Å²) in [6.45, 7) is 36.5. The van der Waals surface area contributed by atoms with Gasteiger partial charge in [-0.2, -0.15) is 0 Å². The third kappa shape index (κ3) is 8.72. The predicted octanol–water partition coefficient (Wildman–Crippen LogP) is 20.8. The van der Waals surface area contributed by atoms with Gasteiger partial charge < -0.3 is 14.7 Å². The zero-order chi connectivity index (χ0) is 60.3. The number of nitrogens with zero attached hydrogens (tertiary/aromatic N) is 3. The molecule has 4 heteroatoms. The lowest BCUT2D eigenvalue weighted by Gasteiger charge is -2.51. The Bertz CT molecular complexity index is 4150. The van der Waals surface area contributed by atoms with Crippen molar-refractivity contribution in [1.82, 2.24) is 0 Å². The smallest absolute Gasteiger partial charge is 0.252 e. The quantitative estimate of drug-likeness (QED) is 0.154.